The second kappa shape index (κ2) is 6.67. The summed E-state index contributed by atoms with van der Waals surface area (Å²) < 4.78 is 0.913. The minimum Gasteiger partial charge on any atom is -0.276 e. The van der Waals surface area contributed by atoms with Crippen molar-refractivity contribution in [2.45, 2.75) is 0 Å². The molecule has 1 amide bonds. The molecule has 0 aliphatic rings. The molecule has 0 fully saturated rings. The van der Waals surface area contributed by atoms with Gasteiger partial charge in [0.1, 0.15) is 0 Å². The number of amides is 1. The normalized spacial score (nSPS) is 11.0. The Kier molecular flexibility index (Phi) is 4.45. The second-order valence-electron chi connectivity index (χ2n) is 4.36. The first kappa shape index (κ1) is 14.7. The Hall–Kier alpha value is -2.25. The summed E-state index contributed by atoms with van der Waals surface area (Å²) in [6.07, 6.45) is 3.09. The van der Waals surface area contributed by atoms with E-state index in [0.717, 1.165) is 14.9 Å². The van der Waals surface area contributed by atoms with E-state index >= 15 is 0 Å². The summed E-state index contributed by atoms with van der Waals surface area (Å²) in [5.74, 6) is -0.305. The SMILES string of the molecule is O=C(N/N=C\c1ccccc1Br)c1cn[nH]c1-c1cccs1. The molecule has 5 nitrogen and oxygen atoms in total. The van der Waals surface area contributed by atoms with Gasteiger partial charge in [-0.2, -0.15) is 10.2 Å². The number of benzene rings is 1. The van der Waals surface area contributed by atoms with E-state index in [1.54, 1.807) is 6.21 Å². The molecule has 0 atom stereocenters. The van der Waals surface area contributed by atoms with Crippen LogP contribution in [0.15, 0.2) is 57.5 Å². The van der Waals surface area contributed by atoms with Crippen molar-refractivity contribution in [1.82, 2.24) is 15.6 Å². The molecule has 0 aliphatic heterocycles. The van der Waals surface area contributed by atoms with Crippen molar-refractivity contribution < 1.29 is 4.79 Å². The number of thiophene rings is 1. The van der Waals surface area contributed by atoms with E-state index in [1.165, 1.54) is 17.5 Å². The molecule has 3 rings (SSSR count). The summed E-state index contributed by atoms with van der Waals surface area (Å²) >= 11 is 4.96. The molecular weight excluding hydrogens is 364 g/mol. The molecule has 22 heavy (non-hydrogen) atoms. The highest BCUT2D eigenvalue weighted by Crippen LogP contribution is 2.25. The van der Waals surface area contributed by atoms with Crippen LogP contribution in [-0.4, -0.2) is 22.3 Å². The fourth-order valence-electron chi connectivity index (χ4n) is 1.87. The lowest BCUT2D eigenvalue weighted by Gasteiger charge is -2.00. The third-order valence-electron chi connectivity index (χ3n) is 2.93. The van der Waals surface area contributed by atoms with Gasteiger partial charge >= 0.3 is 0 Å². The fourth-order valence-corrected chi connectivity index (χ4v) is 2.99. The molecule has 0 bridgehead atoms. The zero-order valence-electron chi connectivity index (χ0n) is 11.3. The lowest BCUT2D eigenvalue weighted by atomic mass is 10.2. The highest BCUT2D eigenvalue weighted by molar-refractivity contribution is 9.10. The zero-order valence-corrected chi connectivity index (χ0v) is 13.7. The number of hydrogen-bond donors (Lipinski definition) is 2. The van der Waals surface area contributed by atoms with E-state index in [-0.39, 0.29) is 5.91 Å². The largest absolute Gasteiger partial charge is 0.276 e. The maximum absolute atomic E-state index is 12.2. The molecule has 2 heterocycles. The molecule has 0 unspecified atom stereocenters. The molecular formula is C15H11BrN4OS. The molecule has 3 aromatic rings. The van der Waals surface area contributed by atoms with Crippen molar-refractivity contribution in [3.63, 3.8) is 0 Å². The summed E-state index contributed by atoms with van der Waals surface area (Å²) in [6, 6.07) is 11.5. The Labute approximate surface area is 139 Å². The molecule has 0 saturated carbocycles. The number of aromatic amines is 1. The molecule has 0 aliphatic carbocycles. The van der Waals surface area contributed by atoms with E-state index in [4.69, 9.17) is 0 Å². The second-order valence-corrected chi connectivity index (χ2v) is 6.16. The third-order valence-corrected chi connectivity index (χ3v) is 4.54. The Morgan fingerprint density at radius 1 is 1.32 bits per heavy atom. The van der Waals surface area contributed by atoms with Gasteiger partial charge in [0.25, 0.3) is 5.91 Å². The minimum absolute atomic E-state index is 0.305. The van der Waals surface area contributed by atoms with Crippen molar-refractivity contribution in [3.8, 4) is 10.6 Å². The van der Waals surface area contributed by atoms with Crippen LogP contribution in [0.25, 0.3) is 10.6 Å². The smallest absolute Gasteiger partial charge is 0.275 e. The third kappa shape index (κ3) is 3.15. The Morgan fingerprint density at radius 2 is 2.18 bits per heavy atom. The first-order valence-electron chi connectivity index (χ1n) is 6.41. The van der Waals surface area contributed by atoms with Gasteiger partial charge in [0.05, 0.1) is 28.5 Å². The highest BCUT2D eigenvalue weighted by atomic mass is 79.9. The Morgan fingerprint density at radius 3 is 2.95 bits per heavy atom. The number of carbonyl (C=O) groups excluding carboxylic acids is 1. The van der Waals surface area contributed by atoms with Crippen LogP contribution in [0.2, 0.25) is 0 Å². The number of nitrogens with one attached hydrogen (secondary N) is 2. The molecule has 7 heteroatoms. The number of halogens is 1. The van der Waals surface area contributed by atoms with E-state index in [1.807, 2.05) is 41.8 Å². The number of aromatic nitrogens is 2. The number of H-pyrrole nitrogens is 1. The molecule has 1 aromatic carbocycles. The van der Waals surface area contributed by atoms with E-state index < -0.39 is 0 Å². The summed E-state index contributed by atoms with van der Waals surface area (Å²) in [7, 11) is 0. The predicted molar refractivity (Wildman–Crippen MR) is 91.1 cm³/mol. The molecule has 0 spiro atoms. The number of rotatable bonds is 4. The van der Waals surface area contributed by atoms with Crippen LogP contribution in [0.4, 0.5) is 0 Å². The van der Waals surface area contributed by atoms with Crippen molar-refractivity contribution in [2.75, 3.05) is 0 Å². The maximum atomic E-state index is 12.2. The van der Waals surface area contributed by atoms with Crippen molar-refractivity contribution in [2.24, 2.45) is 5.10 Å². The van der Waals surface area contributed by atoms with Crippen LogP contribution in [0.1, 0.15) is 15.9 Å². The molecule has 0 saturated heterocycles. The van der Waals surface area contributed by atoms with Gasteiger partial charge in [0, 0.05) is 10.0 Å². The summed E-state index contributed by atoms with van der Waals surface area (Å²) in [4.78, 5) is 13.2. The van der Waals surface area contributed by atoms with Gasteiger partial charge in [-0.05, 0) is 17.5 Å². The van der Waals surface area contributed by atoms with Crippen molar-refractivity contribution >= 4 is 39.4 Å². The average molecular weight is 375 g/mol. The van der Waals surface area contributed by atoms with Gasteiger partial charge < -0.3 is 0 Å². The molecule has 110 valence electrons. The molecule has 2 aromatic heterocycles. The van der Waals surface area contributed by atoms with Crippen LogP contribution in [0.5, 0.6) is 0 Å². The summed E-state index contributed by atoms with van der Waals surface area (Å²) in [5, 5.41) is 12.7. The quantitative estimate of drug-likeness (QED) is 0.540. The topological polar surface area (TPSA) is 70.1 Å². The molecule has 0 radical (unpaired) electrons. The van der Waals surface area contributed by atoms with Gasteiger partial charge in [0.15, 0.2) is 0 Å². The molecule has 2 N–H and O–H groups in total. The number of hydrazone groups is 1. The number of nitrogens with zero attached hydrogens (tertiary/aromatic N) is 2. The van der Waals surface area contributed by atoms with Gasteiger partial charge in [0.2, 0.25) is 0 Å². The lowest BCUT2D eigenvalue weighted by Crippen LogP contribution is -2.17. The Bertz CT molecular complexity index is 811. The first-order chi connectivity index (χ1) is 10.8. The highest BCUT2D eigenvalue weighted by Gasteiger charge is 2.15. The van der Waals surface area contributed by atoms with Crippen molar-refractivity contribution in [1.29, 1.82) is 0 Å². The standard InChI is InChI=1S/C15H11BrN4OS/c16-12-5-2-1-4-10(12)8-17-20-15(21)11-9-18-19-14(11)13-6-3-7-22-13/h1-9H,(H,18,19)(H,20,21)/b17-8-. The summed E-state index contributed by atoms with van der Waals surface area (Å²) in [5.41, 5.74) is 4.56. The van der Waals surface area contributed by atoms with Gasteiger partial charge in [-0.25, -0.2) is 5.43 Å². The van der Waals surface area contributed by atoms with Crippen LogP contribution in [0.3, 0.4) is 0 Å². The Balaban J connectivity index is 1.74. The predicted octanol–water partition coefficient (Wildman–Crippen LogP) is 3.66. The average Bonchev–Trinajstić information content (AvgIpc) is 3.19. The minimum atomic E-state index is -0.305. The number of carbonyl (C=O) groups is 1. The van der Waals surface area contributed by atoms with E-state index in [9.17, 15) is 4.79 Å². The van der Waals surface area contributed by atoms with Gasteiger partial charge in [-0.3, -0.25) is 9.89 Å². The number of hydrogen-bond acceptors (Lipinski definition) is 4. The monoisotopic (exact) mass is 374 g/mol. The van der Waals surface area contributed by atoms with Gasteiger partial charge in [-0.15, -0.1) is 11.3 Å². The van der Waals surface area contributed by atoms with Gasteiger partial charge in [-0.1, -0.05) is 40.2 Å². The van der Waals surface area contributed by atoms with Crippen LogP contribution in [-0.2, 0) is 0 Å². The summed E-state index contributed by atoms with van der Waals surface area (Å²) in [6.45, 7) is 0. The van der Waals surface area contributed by atoms with Crippen LogP contribution >= 0.6 is 27.3 Å². The lowest BCUT2D eigenvalue weighted by molar-refractivity contribution is 0.0956. The van der Waals surface area contributed by atoms with Crippen LogP contribution < -0.4 is 5.43 Å². The van der Waals surface area contributed by atoms with E-state index in [0.29, 0.717) is 11.3 Å². The first-order valence-corrected chi connectivity index (χ1v) is 8.08. The van der Waals surface area contributed by atoms with E-state index in [2.05, 4.69) is 36.7 Å². The zero-order chi connectivity index (χ0) is 15.4. The maximum Gasteiger partial charge on any atom is 0.275 e. The van der Waals surface area contributed by atoms with Crippen LogP contribution in [0, 0.1) is 0 Å². The fraction of sp³-hybridized carbons (Fsp3) is 0. The van der Waals surface area contributed by atoms with Crippen molar-refractivity contribution in [3.05, 3.63) is 63.6 Å².